The molecule has 5 N–H and O–H groups in total. The molecule has 0 aliphatic carbocycles. The molecule has 0 saturated carbocycles. The van der Waals surface area contributed by atoms with Crippen molar-refractivity contribution in [3.8, 4) is 17.6 Å². The first-order valence-electron chi connectivity index (χ1n) is 7.40. The lowest BCUT2D eigenvalue weighted by atomic mass is 10.2. The fourth-order valence-corrected chi connectivity index (χ4v) is 3.37. The summed E-state index contributed by atoms with van der Waals surface area (Å²) >= 11 is 1.10. The minimum absolute atomic E-state index is 0.102. The molecular weight excluding hydrogens is 354 g/mol. The molecule has 0 radical (unpaired) electrons. The fraction of sp³-hybridized carbons (Fsp3) is 0.118. The molecule has 0 spiro atoms. The Morgan fingerprint density at radius 2 is 2.04 bits per heavy atom. The third-order valence-electron chi connectivity index (χ3n) is 3.73. The number of nitrogens with two attached hydrogens (primary N) is 2. The van der Waals surface area contributed by atoms with Crippen LogP contribution in [0.3, 0.4) is 0 Å². The number of nitrogen functional groups attached to an aromatic ring is 2. The van der Waals surface area contributed by atoms with Crippen molar-refractivity contribution >= 4 is 44.7 Å². The van der Waals surface area contributed by atoms with E-state index in [1.165, 1.54) is 13.2 Å². The van der Waals surface area contributed by atoms with Gasteiger partial charge in [-0.05, 0) is 18.2 Å². The van der Waals surface area contributed by atoms with Gasteiger partial charge in [0.05, 0.1) is 31.2 Å². The maximum absolute atomic E-state index is 12.7. The van der Waals surface area contributed by atoms with Crippen LogP contribution in [-0.4, -0.2) is 25.1 Å². The summed E-state index contributed by atoms with van der Waals surface area (Å²) in [4.78, 5) is 17.6. The second-order valence-electron chi connectivity index (χ2n) is 5.25. The standard InChI is InChI=1S/C17H15N5O3S/c1-24-9-3-4-11(12(6-9)25-2)21-16(23)14-13(19)10-5-8(7-18)15(20)22-17(10)26-14/h3-6H,19H2,1-2H3,(H2,20,22)(H,21,23). The topological polar surface area (TPSA) is 136 Å². The number of hydrogen-bond acceptors (Lipinski definition) is 8. The molecule has 0 atom stereocenters. The molecule has 0 fully saturated rings. The minimum atomic E-state index is -0.411. The monoisotopic (exact) mass is 369 g/mol. The van der Waals surface area contributed by atoms with Crippen LogP contribution in [0.15, 0.2) is 24.3 Å². The summed E-state index contributed by atoms with van der Waals surface area (Å²) in [6.07, 6.45) is 0. The number of hydrogen-bond donors (Lipinski definition) is 3. The molecule has 1 aromatic carbocycles. The number of carbonyl (C=O) groups excluding carboxylic acids is 1. The van der Waals surface area contributed by atoms with E-state index in [4.69, 9.17) is 26.2 Å². The SMILES string of the molecule is COc1ccc(NC(=O)c2sc3nc(N)c(C#N)cc3c2N)c(OC)c1. The van der Waals surface area contributed by atoms with E-state index in [0.717, 1.165) is 11.3 Å². The smallest absolute Gasteiger partial charge is 0.268 e. The second-order valence-corrected chi connectivity index (χ2v) is 6.25. The number of thiophene rings is 1. The van der Waals surface area contributed by atoms with Gasteiger partial charge in [-0.15, -0.1) is 11.3 Å². The summed E-state index contributed by atoms with van der Waals surface area (Å²) in [6.45, 7) is 0. The Bertz CT molecular complexity index is 1050. The van der Waals surface area contributed by atoms with Gasteiger partial charge in [-0.25, -0.2) is 4.98 Å². The number of anilines is 3. The van der Waals surface area contributed by atoms with Crippen LogP contribution in [-0.2, 0) is 0 Å². The van der Waals surface area contributed by atoms with E-state index in [1.54, 1.807) is 25.3 Å². The van der Waals surface area contributed by atoms with Gasteiger partial charge < -0.3 is 26.3 Å². The normalized spacial score (nSPS) is 10.3. The Morgan fingerprint density at radius 1 is 1.27 bits per heavy atom. The molecular formula is C17H15N5O3S. The lowest BCUT2D eigenvalue weighted by molar-refractivity contribution is 0.103. The molecule has 0 unspecified atom stereocenters. The lowest BCUT2D eigenvalue weighted by Crippen LogP contribution is -2.12. The van der Waals surface area contributed by atoms with Crippen LogP contribution >= 0.6 is 11.3 Å². The van der Waals surface area contributed by atoms with Crippen LogP contribution in [0.2, 0.25) is 0 Å². The van der Waals surface area contributed by atoms with Crippen LogP contribution in [0.1, 0.15) is 15.2 Å². The third kappa shape index (κ3) is 2.94. The van der Waals surface area contributed by atoms with E-state index >= 15 is 0 Å². The molecule has 132 valence electrons. The van der Waals surface area contributed by atoms with Crippen molar-refractivity contribution in [2.45, 2.75) is 0 Å². The molecule has 3 rings (SSSR count). The number of pyridine rings is 1. The van der Waals surface area contributed by atoms with Gasteiger partial charge in [0.25, 0.3) is 5.91 Å². The van der Waals surface area contributed by atoms with Crippen molar-refractivity contribution in [1.29, 1.82) is 5.26 Å². The van der Waals surface area contributed by atoms with Gasteiger partial charge >= 0.3 is 0 Å². The van der Waals surface area contributed by atoms with E-state index in [1.807, 2.05) is 6.07 Å². The summed E-state index contributed by atoms with van der Waals surface area (Å²) < 4.78 is 10.4. The van der Waals surface area contributed by atoms with E-state index in [0.29, 0.717) is 27.4 Å². The first-order valence-corrected chi connectivity index (χ1v) is 8.22. The number of aromatic nitrogens is 1. The highest BCUT2D eigenvalue weighted by Crippen LogP contribution is 2.36. The molecule has 0 bridgehead atoms. The van der Waals surface area contributed by atoms with Crippen molar-refractivity contribution in [2.75, 3.05) is 31.0 Å². The first-order chi connectivity index (χ1) is 12.5. The number of nitrogens with one attached hydrogen (secondary N) is 1. The van der Waals surface area contributed by atoms with Crippen molar-refractivity contribution in [2.24, 2.45) is 0 Å². The Kier molecular flexibility index (Phi) is 4.51. The first kappa shape index (κ1) is 17.3. The van der Waals surface area contributed by atoms with Crippen molar-refractivity contribution in [3.63, 3.8) is 0 Å². The zero-order chi connectivity index (χ0) is 18.8. The number of rotatable bonds is 4. The highest BCUT2D eigenvalue weighted by Gasteiger charge is 2.20. The number of carbonyl (C=O) groups is 1. The Labute approximate surface area is 153 Å². The maximum Gasteiger partial charge on any atom is 0.268 e. The summed E-state index contributed by atoms with van der Waals surface area (Å²) in [5.41, 5.74) is 12.8. The Balaban J connectivity index is 1.98. The summed E-state index contributed by atoms with van der Waals surface area (Å²) in [7, 11) is 3.04. The molecule has 2 aromatic heterocycles. The largest absolute Gasteiger partial charge is 0.497 e. The highest BCUT2D eigenvalue weighted by molar-refractivity contribution is 7.21. The van der Waals surface area contributed by atoms with Crippen LogP contribution in [0, 0.1) is 11.3 Å². The Morgan fingerprint density at radius 3 is 2.69 bits per heavy atom. The molecule has 26 heavy (non-hydrogen) atoms. The molecule has 3 aromatic rings. The molecule has 2 heterocycles. The van der Waals surface area contributed by atoms with Crippen molar-refractivity contribution in [3.05, 3.63) is 34.7 Å². The van der Waals surface area contributed by atoms with Gasteiger partial charge in [-0.1, -0.05) is 0 Å². The van der Waals surface area contributed by atoms with Gasteiger partial charge in [-0.3, -0.25) is 4.79 Å². The quantitative estimate of drug-likeness (QED) is 0.643. The van der Waals surface area contributed by atoms with Gasteiger partial charge in [0.1, 0.15) is 33.1 Å². The number of nitrogens with zero attached hydrogens (tertiary/aromatic N) is 2. The van der Waals surface area contributed by atoms with E-state index in [-0.39, 0.29) is 21.9 Å². The fourth-order valence-electron chi connectivity index (χ4n) is 2.39. The number of benzene rings is 1. The zero-order valence-corrected chi connectivity index (χ0v) is 14.8. The number of nitriles is 1. The molecule has 0 aliphatic rings. The van der Waals surface area contributed by atoms with E-state index < -0.39 is 5.91 Å². The van der Waals surface area contributed by atoms with Crippen molar-refractivity contribution in [1.82, 2.24) is 4.98 Å². The van der Waals surface area contributed by atoms with Gasteiger partial charge in [0.15, 0.2) is 0 Å². The molecule has 0 aliphatic heterocycles. The highest BCUT2D eigenvalue weighted by atomic mass is 32.1. The average Bonchev–Trinajstić information content (AvgIpc) is 2.97. The molecule has 0 saturated heterocycles. The van der Waals surface area contributed by atoms with Gasteiger partial charge in [-0.2, -0.15) is 5.26 Å². The number of fused-ring (bicyclic) bond motifs is 1. The van der Waals surface area contributed by atoms with E-state index in [9.17, 15) is 4.79 Å². The molecule has 9 heteroatoms. The predicted octanol–water partition coefficient (Wildman–Crippen LogP) is 2.60. The van der Waals surface area contributed by atoms with E-state index in [2.05, 4.69) is 10.3 Å². The summed E-state index contributed by atoms with van der Waals surface area (Å²) in [5, 5.41) is 12.4. The van der Waals surface area contributed by atoms with Crippen LogP contribution in [0.5, 0.6) is 11.5 Å². The van der Waals surface area contributed by atoms with Gasteiger partial charge in [0, 0.05) is 11.5 Å². The molecule has 1 amide bonds. The Hall–Kier alpha value is -3.51. The van der Waals surface area contributed by atoms with Gasteiger partial charge in [0.2, 0.25) is 0 Å². The second kappa shape index (κ2) is 6.78. The maximum atomic E-state index is 12.7. The van der Waals surface area contributed by atoms with Crippen LogP contribution < -0.4 is 26.3 Å². The number of amides is 1. The molecule has 8 nitrogen and oxygen atoms in total. The van der Waals surface area contributed by atoms with Crippen LogP contribution in [0.4, 0.5) is 17.2 Å². The lowest BCUT2D eigenvalue weighted by Gasteiger charge is -2.11. The van der Waals surface area contributed by atoms with Crippen LogP contribution in [0.25, 0.3) is 10.2 Å². The number of ether oxygens (including phenoxy) is 2. The zero-order valence-electron chi connectivity index (χ0n) is 14.0. The predicted molar refractivity (Wildman–Crippen MR) is 101 cm³/mol. The summed E-state index contributed by atoms with van der Waals surface area (Å²) in [5.74, 6) is 0.743. The van der Waals surface area contributed by atoms with Crippen molar-refractivity contribution < 1.29 is 14.3 Å². The number of methoxy groups -OCH3 is 2. The summed E-state index contributed by atoms with van der Waals surface area (Å²) in [6, 6.07) is 8.52. The minimum Gasteiger partial charge on any atom is -0.497 e. The average molecular weight is 369 g/mol. The third-order valence-corrected chi connectivity index (χ3v) is 4.85.